The quantitative estimate of drug-likeness (QED) is 0.842. The van der Waals surface area contributed by atoms with Gasteiger partial charge in [-0.2, -0.15) is 5.10 Å². The van der Waals surface area contributed by atoms with Crippen molar-refractivity contribution in [1.82, 2.24) is 15.1 Å². The zero-order valence-corrected chi connectivity index (χ0v) is 12.1. The van der Waals surface area contributed by atoms with Crippen molar-refractivity contribution >= 4 is 0 Å². The standard InChI is InChI=1S/C16H22FN3/c1-3-18-15(9-13-11-19-20(4-2)12-13)10-14-7-5-6-8-16(14)17/h5-8,11-12,15,18H,3-4,9-10H2,1-2H3. The van der Waals surface area contributed by atoms with Gasteiger partial charge >= 0.3 is 0 Å². The summed E-state index contributed by atoms with van der Waals surface area (Å²) in [4.78, 5) is 0. The molecule has 3 nitrogen and oxygen atoms in total. The first-order valence-electron chi connectivity index (χ1n) is 7.21. The van der Waals surface area contributed by atoms with Crippen LogP contribution in [0.3, 0.4) is 0 Å². The van der Waals surface area contributed by atoms with E-state index in [0.29, 0.717) is 6.42 Å². The zero-order valence-electron chi connectivity index (χ0n) is 12.1. The van der Waals surface area contributed by atoms with E-state index in [9.17, 15) is 4.39 Å². The molecule has 1 aromatic heterocycles. The summed E-state index contributed by atoms with van der Waals surface area (Å²) in [6, 6.07) is 7.22. The highest BCUT2D eigenvalue weighted by molar-refractivity contribution is 5.19. The summed E-state index contributed by atoms with van der Waals surface area (Å²) >= 11 is 0. The number of hydrogen-bond acceptors (Lipinski definition) is 2. The van der Waals surface area contributed by atoms with Crippen molar-refractivity contribution in [2.75, 3.05) is 6.54 Å². The number of rotatable bonds is 7. The monoisotopic (exact) mass is 275 g/mol. The average Bonchev–Trinajstić information content (AvgIpc) is 2.89. The van der Waals surface area contributed by atoms with Gasteiger partial charge in [0.1, 0.15) is 5.82 Å². The molecule has 0 aliphatic heterocycles. The molecule has 0 radical (unpaired) electrons. The summed E-state index contributed by atoms with van der Waals surface area (Å²) in [6.45, 7) is 5.89. The highest BCUT2D eigenvalue weighted by Gasteiger charge is 2.13. The summed E-state index contributed by atoms with van der Waals surface area (Å²) in [6.07, 6.45) is 5.51. The van der Waals surface area contributed by atoms with Crippen LogP contribution in [0.2, 0.25) is 0 Å². The number of nitrogens with one attached hydrogen (secondary N) is 1. The summed E-state index contributed by atoms with van der Waals surface area (Å²) in [5.41, 5.74) is 1.95. The SMILES string of the molecule is CCNC(Cc1cnn(CC)c1)Cc1ccccc1F. The molecule has 0 aliphatic carbocycles. The van der Waals surface area contributed by atoms with E-state index < -0.39 is 0 Å². The highest BCUT2D eigenvalue weighted by Crippen LogP contribution is 2.12. The van der Waals surface area contributed by atoms with E-state index in [4.69, 9.17) is 0 Å². The molecule has 0 bridgehead atoms. The molecule has 2 rings (SSSR count). The molecular formula is C16H22FN3. The van der Waals surface area contributed by atoms with Crippen LogP contribution in [-0.4, -0.2) is 22.4 Å². The van der Waals surface area contributed by atoms with E-state index in [1.165, 1.54) is 11.6 Å². The van der Waals surface area contributed by atoms with Crippen molar-refractivity contribution in [2.24, 2.45) is 0 Å². The molecular weight excluding hydrogens is 253 g/mol. The van der Waals surface area contributed by atoms with Crippen molar-refractivity contribution in [2.45, 2.75) is 39.3 Å². The summed E-state index contributed by atoms with van der Waals surface area (Å²) in [5.74, 6) is -0.125. The third-order valence-corrected chi connectivity index (χ3v) is 3.41. The van der Waals surface area contributed by atoms with Gasteiger partial charge in [0.05, 0.1) is 6.20 Å². The van der Waals surface area contributed by atoms with E-state index >= 15 is 0 Å². The molecule has 2 aromatic rings. The molecule has 0 spiro atoms. The predicted octanol–water partition coefficient (Wildman–Crippen LogP) is 2.81. The fraction of sp³-hybridized carbons (Fsp3) is 0.438. The Morgan fingerprint density at radius 3 is 2.70 bits per heavy atom. The van der Waals surface area contributed by atoms with Gasteiger partial charge in [-0.1, -0.05) is 25.1 Å². The molecule has 1 atom stereocenters. The lowest BCUT2D eigenvalue weighted by atomic mass is 10.0. The van der Waals surface area contributed by atoms with Gasteiger partial charge in [0.2, 0.25) is 0 Å². The van der Waals surface area contributed by atoms with Crippen LogP contribution in [-0.2, 0) is 19.4 Å². The third-order valence-electron chi connectivity index (χ3n) is 3.41. The van der Waals surface area contributed by atoms with Crippen LogP contribution in [0.15, 0.2) is 36.7 Å². The maximum Gasteiger partial charge on any atom is 0.126 e. The Bertz CT molecular complexity index is 536. The minimum absolute atomic E-state index is 0.125. The summed E-state index contributed by atoms with van der Waals surface area (Å²) < 4.78 is 15.7. The summed E-state index contributed by atoms with van der Waals surface area (Å²) in [5, 5.41) is 7.72. The van der Waals surface area contributed by atoms with E-state index in [-0.39, 0.29) is 11.9 Å². The van der Waals surface area contributed by atoms with Crippen LogP contribution in [0.1, 0.15) is 25.0 Å². The molecule has 4 heteroatoms. The molecule has 0 aliphatic rings. The number of halogens is 1. The molecule has 0 saturated heterocycles. The average molecular weight is 275 g/mol. The Hall–Kier alpha value is -1.68. The van der Waals surface area contributed by atoms with Crippen LogP contribution in [0.5, 0.6) is 0 Å². The lowest BCUT2D eigenvalue weighted by Crippen LogP contribution is -2.33. The number of aryl methyl sites for hydroxylation is 1. The third kappa shape index (κ3) is 3.90. The first-order valence-corrected chi connectivity index (χ1v) is 7.21. The predicted molar refractivity (Wildman–Crippen MR) is 79.2 cm³/mol. The summed E-state index contributed by atoms with van der Waals surface area (Å²) in [7, 11) is 0. The second-order valence-electron chi connectivity index (χ2n) is 4.96. The Morgan fingerprint density at radius 2 is 2.05 bits per heavy atom. The molecule has 0 fully saturated rings. The van der Waals surface area contributed by atoms with Crippen LogP contribution in [0, 0.1) is 5.82 Å². The Labute approximate surface area is 119 Å². The van der Waals surface area contributed by atoms with E-state index in [1.54, 1.807) is 6.07 Å². The van der Waals surface area contributed by atoms with Gasteiger partial charge in [-0.25, -0.2) is 4.39 Å². The molecule has 1 heterocycles. The van der Waals surface area contributed by atoms with Gasteiger partial charge in [0.25, 0.3) is 0 Å². The smallest absolute Gasteiger partial charge is 0.126 e. The minimum Gasteiger partial charge on any atom is -0.314 e. The van der Waals surface area contributed by atoms with E-state index in [0.717, 1.165) is 25.1 Å². The zero-order chi connectivity index (χ0) is 14.4. The van der Waals surface area contributed by atoms with E-state index in [2.05, 4.69) is 30.5 Å². The van der Waals surface area contributed by atoms with Crippen LogP contribution < -0.4 is 5.32 Å². The molecule has 1 aromatic carbocycles. The molecule has 1 unspecified atom stereocenters. The van der Waals surface area contributed by atoms with Gasteiger partial charge in [0.15, 0.2) is 0 Å². The first kappa shape index (κ1) is 14.7. The van der Waals surface area contributed by atoms with E-state index in [1.807, 2.05) is 23.0 Å². The lowest BCUT2D eigenvalue weighted by Gasteiger charge is -2.17. The first-order chi connectivity index (χ1) is 9.72. The van der Waals surface area contributed by atoms with Crippen molar-refractivity contribution in [3.05, 3.63) is 53.6 Å². The molecule has 0 amide bonds. The number of aromatic nitrogens is 2. The van der Waals surface area contributed by atoms with Crippen molar-refractivity contribution < 1.29 is 4.39 Å². The van der Waals surface area contributed by atoms with Gasteiger partial charge in [-0.3, -0.25) is 4.68 Å². The second-order valence-corrected chi connectivity index (χ2v) is 4.96. The van der Waals surface area contributed by atoms with Crippen LogP contribution in [0.4, 0.5) is 4.39 Å². The maximum absolute atomic E-state index is 13.7. The second kappa shape index (κ2) is 7.20. The van der Waals surface area contributed by atoms with Crippen LogP contribution in [0.25, 0.3) is 0 Å². The lowest BCUT2D eigenvalue weighted by molar-refractivity contribution is 0.505. The largest absolute Gasteiger partial charge is 0.314 e. The minimum atomic E-state index is -0.125. The van der Waals surface area contributed by atoms with Gasteiger partial charge in [-0.15, -0.1) is 0 Å². The fourth-order valence-electron chi connectivity index (χ4n) is 2.40. The molecule has 1 N–H and O–H groups in total. The Kier molecular flexibility index (Phi) is 5.30. The molecule has 0 saturated carbocycles. The molecule has 20 heavy (non-hydrogen) atoms. The van der Waals surface area contributed by atoms with Gasteiger partial charge < -0.3 is 5.32 Å². The maximum atomic E-state index is 13.7. The van der Waals surface area contributed by atoms with Crippen LogP contribution >= 0.6 is 0 Å². The van der Waals surface area contributed by atoms with Gasteiger partial charge in [-0.05, 0) is 43.5 Å². The highest BCUT2D eigenvalue weighted by atomic mass is 19.1. The van der Waals surface area contributed by atoms with Crippen molar-refractivity contribution in [3.63, 3.8) is 0 Å². The van der Waals surface area contributed by atoms with Crippen molar-refractivity contribution in [3.8, 4) is 0 Å². The topological polar surface area (TPSA) is 29.9 Å². The number of benzene rings is 1. The number of nitrogens with zero attached hydrogens (tertiary/aromatic N) is 2. The Morgan fingerprint density at radius 1 is 1.25 bits per heavy atom. The van der Waals surface area contributed by atoms with Gasteiger partial charge in [0, 0.05) is 18.8 Å². The van der Waals surface area contributed by atoms with Crippen molar-refractivity contribution in [1.29, 1.82) is 0 Å². The number of likely N-dealkylation sites (N-methyl/N-ethyl adjacent to an activating group) is 1. The Balaban J connectivity index is 2.05. The normalized spacial score (nSPS) is 12.6. The fourth-order valence-corrected chi connectivity index (χ4v) is 2.40. The molecule has 108 valence electrons. The number of hydrogen-bond donors (Lipinski definition) is 1.